The molecule has 30 heavy (non-hydrogen) atoms. The van der Waals surface area contributed by atoms with E-state index in [1.807, 2.05) is 0 Å². The molecule has 2 fully saturated rings. The Morgan fingerprint density at radius 1 is 1.10 bits per heavy atom. The Kier molecular flexibility index (Phi) is 4.38. The number of hydrogen-bond donors (Lipinski definition) is 0. The van der Waals surface area contributed by atoms with Crippen LogP contribution in [0.2, 0.25) is 0 Å². The number of hydrogen-bond acceptors (Lipinski definition) is 6. The smallest absolute Gasteiger partial charge is 0.338 e. The molecule has 7 heteroatoms. The van der Waals surface area contributed by atoms with Crippen molar-refractivity contribution in [3.63, 3.8) is 0 Å². The molecular weight excluding hydrogens is 384 g/mol. The Morgan fingerprint density at radius 3 is 2.40 bits per heavy atom. The minimum Gasteiger partial charge on any atom is -0.462 e. The van der Waals surface area contributed by atoms with Crippen molar-refractivity contribution in [1.29, 1.82) is 0 Å². The average Bonchev–Trinajstić information content (AvgIpc) is 3.52. The topological polar surface area (TPSA) is 89.2 Å². The molecule has 1 saturated carbocycles. The molecule has 1 aromatic heterocycles. The van der Waals surface area contributed by atoms with Gasteiger partial charge in [0, 0.05) is 5.56 Å². The van der Waals surface area contributed by atoms with Gasteiger partial charge in [0.15, 0.2) is 0 Å². The molecule has 2 aromatic rings. The third-order valence-electron chi connectivity index (χ3n) is 6.05. The Morgan fingerprint density at radius 2 is 1.77 bits per heavy atom. The maximum atomic E-state index is 12.7. The fourth-order valence-electron chi connectivity index (χ4n) is 4.68. The van der Waals surface area contributed by atoms with Crippen LogP contribution in [-0.2, 0) is 14.3 Å². The number of amides is 2. The van der Waals surface area contributed by atoms with E-state index in [1.54, 1.807) is 43.3 Å². The second kappa shape index (κ2) is 7.09. The molecule has 1 aliphatic heterocycles. The summed E-state index contributed by atoms with van der Waals surface area (Å²) in [4.78, 5) is 37.1. The number of allylic oxidation sites excluding steroid dienone is 2. The van der Waals surface area contributed by atoms with E-state index >= 15 is 0 Å². The lowest BCUT2D eigenvalue weighted by molar-refractivity contribution is -0.140. The summed E-state index contributed by atoms with van der Waals surface area (Å²) < 4.78 is 10.7. The summed E-state index contributed by atoms with van der Waals surface area (Å²) in [6.07, 6.45) is 6.38. The molecule has 1 aromatic carbocycles. The molecule has 0 radical (unpaired) electrons. The molecule has 2 heterocycles. The van der Waals surface area contributed by atoms with E-state index in [2.05, 4.69) is 17.3 Å². The first-order valence-electron chi connectivity index (χ1n) is 10.0. The summed E-state index contributed by atoms with van der Waals surface area (Å²) in [6, 6.07) is 10.4. The second-order valence-corrected chi connectivity index (χ2v) is 7.73. The molecule has 2 aliphatic carbocycles. The fraction of sp³-hybridized carbons (Fsp3) is 0.304. The monoisotopic (exact) mass is 404 g/mol. The minimum absolute atomic E-state index is 0.157. The maximum absolute atomic E-state index is 12.7. The van der Waals surface area contributed by atoms with Gasteiger partial charge in [-0.2, -0.15) is 10.1 Å². The van der Waals surface area contributed by atoms with Gasteiger partial charge in [0.05, 0.1) is 30.2 Å². The van der Waals surface area contributed by atoms with Crippen LogP contribution >= 0.6 is 0 Å². The molecular formula is C23H20N2O5. The summed E-state index contributed by atoms with van der Waals surface area (Å²) in [6.45, 7) is 2.08. The summed E-state index contributed by atoms with van der Waals surface area (Å²) in [7, 11) is 0. The van der Waals surface area contributed by atoms with Crippen molar-refractivity contribution < 1.29 is 23.5 Å². The zero-order valence-corrected chi connectivity index (χ0v) is 16.4. The van der Waals surface area contributed by atoms with Crippen LogP contribution in [0.25, 0.3) is 11.3 Å². The van der Waals surface area contributed by atoms with Crippen LogP contribution in [-0.4, -0.2) is 35.6 Å². The summed E-state index contributed by atoms with van der Waals surface area (Å²) in [5.74, 6) is -0.0230. The predicted molar refractivity (Wildman–Crippen MR) is 107 cm³/mol. The zero-order chi connectivity index (χ0) is 20.8. The van der Waals surface area contributed by atoms with Crippen LogP contribution in [0.3, 0.4) is 0 Å². The summed E-state index contributed by atoms with van der Waals surface area (Å²) in [5, 5.41) is 5.12. The standard InChI is InChI=1S/C23H20N2O5/c1-2-29-23(28)14-5-3-13(4-6-14)18-10-9-17(30-18)12-24-25-21(26)19-15-7-8-16(11-15)20(19)22(25)27/h3-10,12,15-16,19-20H,2,11H2,1H3/b24-12-/t15-,16-,19-,20-/m0/s1. The number of carbonyl (C=O) groups is 3. The van der Waals surface area contributed by atoms with Gasteiger partial charge >= 0.3 is 5.97 Å². The van der Waals surface area contributed by atoms with Crippen LogP contribution in [0, 0.1) is 23.7 Å². The molecule has 0 spiro atoms. The van der Waals surface area contributed by atoms with E-state index in [4.69, 9.17) is 9.15 Å². The predicted octanol–water partition coefficient (Wildman–Crippen LogP) is 3.26. The SMILES string of the molecule is CCOC(=O)c1ccc(-c2ccc(/C=N\N3C(=O)[C@@H]4[C@@H](C3=O)[C@H]3C=C[C@H]4C3)o2)cc1. The van der Waals surface area contributed by atoms with Crippen LogP contribution in [0.1, 0.15) is 29.5 Å². The number of imide groups is 1. The van der Waals surface area contributed by atoms with Gasteiger partial charge in [0.25, 0.3) is 11.8 Å². The highest BCUT2D eigenvalue weighted by molar-refractivity contribution is 6.06. The van der Waals surface area contributed by atoms with Gasteiger partial charge in [-0.3, -0.25) is 9.59 Å². The molecule has 152 valence electrons. The lowest BCUT2D eigenvalue weighted by Crippen LogP contribution is -2.28. The number of nitrogens with zero attached hydrogens (tertiary/aromatic N) is 2. The van der Waals surface area contributed by atoms with Gasteiger partial charge < -0.3 is 9.15 Å². The molecule has 0 N–H and O–H groups in total. The highest BCUT2D eigenvalue weighted by Gasteiger charge is 2.59. The Hall–Kier alpha value is -3.48. The average molecular weight is 404 g/mol. The molecule has 2 amide bonds. The van der Waals surface area contributed by atoms with Crippen molar-refractivity contribution in [3.05, 3.63) is 59.9 Å². The van der Waals surface area contributed by atoms with Crippen molar-refractivity contribution in [2.24, 2.45) is 28.8 Å². The van der Waals surface area contributed by atoms with Crippen LogP contribution < -0.4 is 0 Å². The van der Waals surface area contributed by atoms with E-state index in [0.29, 0.717) is 23.7 Å². The molecule has 1 saturated heterocycles. The number of carbonyl (C=O) groups excluding carboxylic acids is 3. The quantitative estimate of drug-likeness (QED) is 0.330. The second-order valence-electron chi connectivity index (χ2n) is 7.73. The molecule has 5 rings (SSSR count). The van der Waals surface area contributed by atoms with Gasteiger partial charge in [-0.25, -0.2) is 4.79 Å². The lowest BCUT2D eigenvalue weighted by Gasteiger charge is -2.13. The van der Waals surface area contributed by atoms with E-state index in [-0.39, 0.29) is 41.5 Å². The first-order chi connectivity index (χ1) is 14.6. The van der Waals surface area contributed by atoms with Crippen molar-refractivity contribution in [2.75, 3.05) is 6.61 Å². The first-order valence-corrected chi connectivity index (χ1v) is 10.0. The normalized spacial score (nSPS) is 26.8. The van der Waals surface area contributed by atoms with Gasteiger partial charge in [0.1, 0.15) is 11.5 Å². The first kappa shape index (κ1) is 18.5. The van der Waals surface area contributed by atoms with E-state index in [0.717, 1.165) is 17.0 Å². The fourth-order valence-corrected chi connectivity index (χ4v) is 4.68. The summed E-state index contributed by atoms with van der Waals surface area (Å²) in [5.41, 5.74) is 1.25. The van der Waals surface area contributed by atoms with E-state index in [9.17, 15) is 14.4 Å². The Balaban J connectivity index is 1.30. The van der Waals surface area contributed by atoms with Crippen molar-refractivity contribution in [3.8, 4) is 11.3 Å². The number of esters is 1. The number of hydrazone groups is 1. The molecule has 7 nitrogen and oxygen atoms in total. The maximum Gasteiger partial charge on any atom is 0.338 e. The Labute approximate surface area is 173 Å². The van der Waals surface area contributed by atoms with Crippen LogP contribution in [0.5, 0.6) is 0 Å². The van der Waals surface area contributed by atoms with Crippen LogP contribution in [0.4, 0.5) is 0 Å². The van der Waals surface area contributed by atoms with E-state index < -0.39 is 0 Å². The number of rotatable bonds is 5. The summed E-state index contributed by atoms with van der Waals surface area (Å²) >= 11 is 0. The third kappa shape index (κ3) is 2.89. The number of furan rings is 1. The van der Waals surface area contributed by atoms with Gasteiger partial charge in [-0.1, -0.05) is 24.3 Å². The van der Waals surface area contributed by atoms with Crippen LogP contribution in [0.15, 0.2) is 58.1 Å². The molecule has 2 bridgehead atoms. The largest absolute Gasteiger partial charge is 0.462 e. The molecule has 3 aliphatic rings. The highest BCUT2D eigenvalue weighted by Crippen LogP contribution is 2.52. The third-order valence-corrected chi connectivity index (χ3v) is 6.05. The molecule has 4 atom stereocenters. The molecule has 0 unspecified atom stereocenters. The zero-order valence-electron chi connectivity index (χ0n) is 16.4. The minimum atomic E-state index is -0.371. The van der Waals surface area contributed by atoms with Crippen molar-refractivity contribution >= 4 is 24.0 Å². The number of ether oxygens (including phenoxy) is 1. The van der Waals surface area contributed by atoms with Gasteiger partial charge in [0.2, 0.25) is 0 Å². The van der Waals surface area contributed by atoms with Gasteiger partial charge in [-0.15, -0.1) is 0 Å². The highest BCUT2D eigenvalue weighted by atomic mass is 16.5. The van der Waals surface area contributed by atoms with Crippen molar-refractivity contribution in [2.45, 2.75) is 13.3 Å². The van der Waals surface area contributed by atoms with Gasteiger partial charge in [-0.05, 0) is 49.4 Å². The van der Waals surface area contributed by atoms with E-state index in [1.165, 1.54) is 6.21 Å². The lowest BCUT2D eigenvalue weighted by atomic mass is 9.85. The Bertz CT molecular complexity index is 1050. The number of fused-ring (bicyclic) bond motifs is 5. The van der Waals surface area contributed by atoms with Crippen molar-refractivity contribution in [1.82, 2.24) is 5.01 Å². The number of benzene rings is 1.